The van der Waals surface area contributed by atoms with Crippen molar-refractivity contribution in [2.45, 2.75) is 18.4 Å². The first-order valence-electron chi connectivity index (χ1n) is 7.84. The van der Waals surface area contributed by atoms with E-state index in [0.29, 0.717) is 6.61 Å². The highest BCUT2D eigenvalue weighted by molar-refractivity contribution is 7.90. The summed E-state index contributed by atoms with van der Waals surface area (Å²) in [4.78, 5) is 0.0912. The average molecular weight is 398 g/mol. The number of benzene rings is 2. The molecule has 0 aliphatic rings. The van der Waals surface area contributed by atoms with Crippen molar-refractivity contribution < 1.29 is 21.9 Å². The van der Waals surface area contributed by atoms with Crippen molar-refractivity contribution in [1.82, 2.24) is 4.57 Å². The molecule has 0 atom stereocenters. The van der Waals surface area contributed by atoms with Gasteiger partial charge in [0.1, 0.15) is 5.82 Å². The SMILES string of the molecule is CCOCCn1/c(=N/S(=O)(=O)c2ccccc2)sc2cc(F)cc(F)c21. The summed E-state index contributed by atoms with van der Waals surface area (Å²) >= 11 is 0.913. The fraction of sp³-hybridized carbons (Fsp3) is 0.235. The molecular weight excluding hydrogens is 382 g/mol. The number of thiazole rings is 1. The van der Waals surface area contributed by atoms with E-state index in [1.54, 1.807) is 18.2 Å². The molecule has 0 spiro atoms. The molecule has 5 nitrogen and oxygen atoms in total. The molecule has 0 fully saturated rings. The van der Waals surface area contributed by atoms with Gasteiger partial charge in [-0.1, -0.05) is 29.5 Å². The minimum atomic E-state index is -3.98. The van der Waals surface area contributed by atoms with Crippen LogP contribution in [0, 0.1) is 11.6 Å². The van der Waals surface area contributed by atoms with E-state index >= 15 is 0 Å². The number of nitrogens with zero attached hydrogens (tertiary/aromatic N) is 2. The number of halogens is 2. The van der Waals surface area contributed by atoms with Crippen molar-refractivity contribution in [2.24, 2.45) is 4.40 Å². The highest BCUT2D eigenvalue weighted by atomic mass is 32.2. The fourth-order valence-electron chi connectivity index (χ4n) is 2.45. The van der Waals surface area contributed by atoms with Crippen molar-refractivity contribution in [3.63, 3.8) is 0 Å². The molecule has 0 amide bonds. The maximum absolute atomic E-state index is 14.3. The van der Waals surface area contributed by atoms with Crippen molar-refractivity contribution in [1.29, 1.82) is 0 Å². The molecule has 138 valence electrons. The molecular formula is C17H16F2N2O3S2. The van der Waals surface area contributed by atoms with Crippen LogP contribution >= 0.6 is 11.3 Å². The Kier molecular flexibility index (Phi) is 5.49. The Labute approximate surface area is 153 Å². The standard InChI is InChI=1S/C17H16F2N2O3S2/c1-2-24-9-8-21-16-14(19)10-12(18)11-15(16)25-17(21)20-26(22,23)13-6-4-3-5-7-13/h3-7,10-11H,2,8-9H2,1H3/b20-17-. The van der Waals surface area contributed by atoms with Crippen LogP contribution in [0.3, 0.4) is 0 Å². The second-order valence-electron chi connectivity index (χ2n) is 5.35. The first-order valence-corrected chi connectivity index (χ1v) is 10.1. The largest absolute Gasteiger partial charge is 0.380 e. The normalized spacial score (nSPS) is 12.8. The number of rotatable bonds is 6. The van der Waals surface area contributed by atoms with Crippen LogP contribution in [-0.4, -0.2) is 26.2 Å². The van der Waals surface area contributed by atoms with Gasteiger partial charge in [-0.3, -0.25) is 0 Å². The van der Waals surface area contributed by atoms with Gasteiger partial charge < -0.3 is 9.30 Å². The van der Waals surface area contributed by atoms with E-state index in [9.17, 15) is 17.2 Å². The number of aromatic nitrogens is 1. The monoisotopic (exact) mass is 398 g/mol. The molecule has 0 radical (unpaired) electrons. The van der Waals surface area contributed by atoms with Crippen LogP contribution in [0.15, 0.2) is 51.8 Å². The number of sulfonamides is 1. The maximum Gasteiger partial charge on any atom is 0.285 e. The molecule has 26 heavy (non-hydrogen) atoms. The molecule has 0 unspecified atom stereocenters. The molecule has 1 aromatic heterocycles. The van der Waals surface area contributed by atoms with Crippen LogP contribution in [0.1, 0.15) is 6.92 Å². The van der Waals surface area contributed by atoms with Gasteiger partial charge in [0.25, 0.3) is 10.0 Å². The van der Waals surface area contributed by atoms with Crippen LogP contribution in [0.25, 0.3) is 10.2 Å². The van der Waals surface area contributed by atoms with E-state index in [4.69, 9.17) is 4.74 Å². The summed E-state index contributed by atoms with van der Waals surface area (Å²) in [5, 5.41) is 0. The number of ether oxygens (including phenoxy) is 1. The van der Waals surface area contributed by atoms with Crippen LogP contribution in [0.2, 0.25) is 0 Å². The van der Waals surface area contributed by atoms with Crippen LogP contribution < -0.4 is 4.80 Å². The van der Waals surface area contributed by atoms with Gasteiger partial charge in [-0.2, -0.15) is 8.42 Å². The van der Waals surface area contributed by atoms with E-state index < -0.39 is 21.7 Å². The van der Waals surface area contributed by atoms with Crippen molar-refractivity contribution in [3.05, 3.63) is 58.9 Å². The highest BCUT2D eigenvalue weighted by Gasteiger charge is 2.17. The third kappa shape index (κ3) is 3.84. The summed E-state index contributed by atoms with van der Waals surface area (Å²) < 4.78 is 63.7. The third-order valence-corrected chi connectivity index (χ3v) is 6.02. The van der Waals surface area contributed by atoms with Crippen molar-refractivity contribution >= 4 is 31.6 Å². The molecule has 0 saturated heterocycles. The lowest BCUT2D eigenvalue weighted by molar-refractivity contribution is 0.139. The van der Waals surface area contributed by atoms with E-state index in [1.165, 1.54) is 16.7 Å². The summed E-state index contributed by atoms with van der Waals surface area (Å²) in [6, 6.07) is 9.65. The molecule has 1 heterocycles. The molecule has 0 saturated carbocycles. The van der Waals surface area contributed by atoms with Gasteiger partial charge >= 0.3 is 0 Å². The summed E-state index contributed by atoms with van der Waals surface area (Å²) in [5.41, 5.74) is 0.109. The van der Waals surface area contributed by atoms with Gasteiger partial charge in [0.15, 0.2) is 5.82 Å². The predicted molar refractivity (Wildman–Crippen MR) is 95.4 cm³/mol. The molecule has 0 N–H and O–H groups in total. The minimum absolute atomic E-state index is 0.0282. The minimum Gasteiger partial charge on any atom is -0.380 e. The Morgan fingerprint density at radius 2 is 1.92 bits per heavy atom. The molecule has 3 aromatic rings. The summed E-state index contributed by atoms with van der Waals surface area (Å²) in [6.07, 6.45) is 0. The quantitative estimate of drug-likeness (QED) is 0.599. The van der Waals surface area contributed by atoms with Crippen molar-refractivity contribution in [2.75, 3.05) is 13.2 Å². The molecule has 0 aliphatic heterocycles. The molecule has 2 aromatic carbocycles. The Balaban J connectivity index is 2.21. The lowest BCUT2D eigenvalue weighted by Crippen LogP contribution is -2.20. The Bertz CT molecular complexity index is 1090. The molecule has 0 aliphatic carbocycles. The Hall–Kier alpha value is -2.10. The van der Waals surface area contributed by atoms with Gasteiger partial charge in [0, 0.05) is 19.2 Å². The zero-order valence-corrected chi connectivity index (χ0v) is 15.5. The molecule has 3 rings (SSSR count). The second kappa shape index (κ2) is 7.65. The van der Waals surface area contributed by atoms with E-state index in [0.717, 1.165) is 23.5 Å². The molecule has 0 bridgehead atoms. The van der Waals surface area contributed by atoms with E-state index in [2.05, 4.69) is 4.40 Å². The first-order chi connectivity index (χ1) is 12.4. The van der Waals surface area contributed by atoms with Gasteiger partial charge in [0.05, 0.1) is 21.7 Å². The lowest BCUT2D eigenvalue weighted by Gasteiger charge is -2.06. The molecule has 9 heteroatoms. The zero-order chi connectivity index (χ0) is 18.7. The van der Waals surface area contributed by atoms with Crippen molar-refractivity contribution in [3.8, 4) is 0 Å². The van der Waals surface area contributed by atoms with E-state index in [-0.39, 0.29) is 33.1 Å². The second-order valence-corrected chi connectivity index (χ2v) is 7.96. The predicted octanol–water partition coefficient (Wildman–Crippen LogP) is 3.31. The smallest absolute Gasteiger partial charge is 0.285 e. The summed E-state index contributed by atoms with van der Waals surface area (Å²) in [5.74, 6) is -1.50. The van der Waals surface area contributed by atoms with Crippen LogP contribution in [0.4, 0.5) is 8.78 Å². The Morgan fingerprint density at radius 1 is 1.19 bits per heavy atom. The van der Waals surface area contributed by atoms with Crippen LogP contribution in [-0.2, 0) is 21.3 Å². The lowest BCUT2D eigenvalue weighted by atomic mass is 10.3. The maximum atomic E-state index is 14.3. The van der Waals surface area contributed by atoms with E-state index in [1.807, 2.05) is 6.92 Å². The van der Waals surface area contributed by atoms with Gasteiger partial charge in [-0.15, -0.1) is 4.40 Å². The third-order valence-electron chi connectivity index (χ3n) is 3.60. The zero-order valence-electron chi connectivity index (χ0n) is 13.9. The topological polar surface area (TPSA) is 60.7 Å². The number of hydrogen-bond acceptors (Lipinski definition) is 4. The highest BCUT2D eigenvalue weighted by Crippen LogP contribution is 2.23. The number of fused-ring (bicyclic) bond motifs is 1. The van der Waals surface area contributed by atoms with Gasteiger partial charge in [0.2, 0.25) is 4.80 Å². The fourth-order valence-corrected chi connectivity index (χ4v) is 4.77. The summed E-state index contributed by atoms with van der Waals surface area (Å²) in [6.45, 7) is 2.73. The Morgan fingerprint density at radius 3 is 2.62 bits per heavy atom. The van der Waals surface area contributed by atoms with Gasteiger partial charge in [-0.05, 0) is 25.1 Å². The van der Waals surface area contributed by atoms with Gasteiger partial charge in [-0.25, -0.2) is 8.78 Å². The average Bonchev–Trinajstić information content (AvgIpc) is 2.92. The van der Waals surface area contributed by atoms with Crippen LogP contribution in [0.5, 0.6) is 0 Å². The number of hydrogen-bond donors (Lipinski definition) is 0. The first kappa shape index (κ1) is 18.7. The summed E-state index contributed by atoms with van der Waals surface area (Å²) in [7, 11) is -3.98.